The third-order valence-electron chi connectivity index (χ3n) is 8.99. The highest BCUT2D eigenvalue weighted by atomic mass is 32.2. The van der Waals surface area contributed by atoms with Crippen molar-refractivity contribution in [3.63, 3.8) is 0 Å². The van der Waals surface area contributed by atoms with E-state index in [4.69, 9.17) is 9.47 Å². The SMILES string of the molecule is CC(=O)NCCCCCC(=O)NCc1ccccc1-c1ccc([C@@H]2O[C@H](CSc3nnnn3-c3ccc(O)cc3)C[C@H](c3ccc(CO)cc3)O2)cc1. The molecule has 0 saturated carbocycles. The Kier molecular flexibility index (Phi) is 13.2. The van der Waals surface area contributed by atoms with Crippen molar-refractivity contribution >= 4 is 23.6 Å². The monoisotopic (exact) mass is 736 g/mol. The minimum absolute atomic E-state index is 0.00593. The summed E-state index contributed by atoms with van der Waals surface area (Å²) >= 11 is 1.48. The number of hydrogen-bond donors (Lipinski definition) is 4. The number of benzene rings is 4. The number of aromatic hydroxyl groups is 1. The molecule has 3 atom stereocenters. The van der Waals surface area contributed by atoms with E-state index in [1.165, 1.54) is 18.7 Å². The fourth-order valence-electron chi connectivity index (χ4n) is 6.12. The molecule has 1 aliphatic rings. The maximum Gasteiger partial charge on any atom is 0.220 e. The molecule has 276 valence electrons. The summed E-state index contributed by atoms with van der Waals surface area (Å²) in [4.78, 5) is 23.6. The summed E-state index contributed by atoms with van der Waals surface area (Å²) in [6.07, 6.45) is 2.47. The topological polar surface area (TPSA) is 161 Å². The van der Waals surface area contributed by atoms with Gasteiger partial charge in [-0.05, 0) is 75.4 Å². The minimum atomic E-state index is -0.633. The zero-order valence-corrected chi connectivity index (χ0v) is 30.4. The predicted molar refractivity (Wildman–Crippen MR) is 201 cm³/mol. The Morgan fingerprint density at radius 1 is 0.887 bits per heavy atom. The molecule has 53 heavy (non-hydrogen) atoms. The zero-order chi connectivity index (χ0) is 37.0. The van der Waals surface area contributed by atoms with Crippen LogP contribution in [-0.4, -0.2) is 60.6 Å². The van der Waals surface area contributed by atoms with Gasteiger partial charge in [-0.15, -0.1) is 5.10 Å². The number of hydrogen-bond acceptors (Lipinski definition) is 10. The molecule has 12 nitrogen and oxygen atoms in total. The normalized spacial score (nSPS) is 17.0. The van der Waals surface area contributed by atoms with Crippen LogP contribution in [0.1, 0.15) is 73.7 Å². The van der Waals surface area contributed by atoms with E-state index < -0.39 is 6.29 Å². The lowest BCUT2D eigenvalue weighted by Crippen LogP contribution is -2.31. The average molecular weight is 737 g/mol. The molecule has 4 aromatic carbocycles. The Hall–Kier alpha value is -5.08. The maximum atomic E-state index is 12.6. The van der Waals surface area contributed by atoms with Crippen molar-refractivity contribution in [1.29, 1.82) is 0 Å². The van der Waals surface area contributed by atoms with Crippen molar-refractivity contribution in [2.45, 2.75) is 75.8 Å². The number of phenols is 1. The van der Waals surface area contributed by atoms with Gasteiger partial charge in [0, 0.05) is 44.2 Å². The maximum absolute atomic E-state index is 12.6. The standard InChI is InChI=1S/C40H44N6O6S/c1-27(48)41-22-6-2-3-9-38(50)42-24-32-7-4-5-8-36(32)29-14-16-31(17-15-29)39-51-35(23-37(52-39)30-12-10-28(25-47)11-13-30)26-53-40-43-44-45-46(40)33-18-20-34(49)21-19-33/h4-5,7-8,10-21,35,37,39,47,49H,2-3,6,9,22-26H2,1H3,(H,41,48)(H,42,50)/t35-,37+,39+/m0/s1. The molecule has 0 spiro atoms. The Labute approximate surface area is 312 Å². The van der Waals surface area contributed by atoms with Gasteiger partial charge in [0.15, 0.2) is 6.29 Å². The summed E-state index contributed by atoms with van der Waals surface area (Å²) in [5, 5.41) is 38.0. The van der Waals surface area contributed by atoms with E-state index in [2.05, 4.69) is 32.2 Å². The first-order valence-electron chi connectivity index (χ1n) is 17.8. The van der Waals surface area contributed by atoms with Crippen LogP contribution >= 0.6 is 11.8 Å². The molecule has 1 aliphatic heterocycles. The van der Waals surface area contributed by atoms with Crippen LogP contribution in [0.5, 0.6) is 5.75 Å². The number of aliphatic hydroxyl groups is 1. The molecule has 4 N–H and O–H groups in total. The number of phenolic OH excluding ortho intramolecular Hbond substituents is 1. The fourth-order valence-corrected chi connectivity index (χ4v) is 7.03. The van der Waals surface area contributed by atoms with Crippen molar-refractivity contribution in [2.24, 2.45) is 0 Å². The molecule has 5 aromatic rings. The number of nitrogens with zero attached hydrogens (tertiary/aromatic N) is 4. The van der Waals surface area contributed by atoms with Gasteiger partial charge in [-0.25, -0.2) is 0 Å². The summed E-state index contributed by atoms with van der Waals surface area (Å²) in [6.45, 7) is 2.52. The number of aromatic nitrogens is 4. The number of carbonyl (C=O) groups excluding carboxylic acids is 2. The number of thioether (sulfide) groups is 1. The molecule has 2 heterocycles. The van der Waals surface area contributed by atoms with Crippen LogP contribution in [0.25, 0.3) is 16.8 Å². The van der Waals surface area contributed by atoms with Gasteiger partial charge in [0.1, 0.15) is 5.75 Å². The number of amides is 2. The fraction of sp³-hybridized carbons (Fsp3) is 0.325. The summed E-state index contributed by atoms with van der Waals surface area (Å²) in [6, 6.07) is 30.6. The zero-order valence-electron chi connectivity index (χ0n) is 29.6. The quantitative estimate of drug-likeness (QED) is 0.0681. The number of nitrogens with one attached hydrogen (secondary N) is 2. The number of rotatable bonds is 16. The Balaban J connectivity index is 1.12. The first-order chi connectivity index (χ1) is 25.9. The molecular weight excluding hydrogens is 693 g/mol. The van der Waals surface area contributed by atoms with Gasteiger partial charge < -0.3 is 30.3 Å². The Morgan fingerprint density at radius 3 is 2.40 bits per heavy atom. The minimum Gasteiger partial charge on any atom is -0.508 e. The van der Waals surface area contributed by atoms with Gasteiger partial charge in [-0.2, -0.15) is 4.68 Å². The molecule has 13 heteroatoms. The molecule has 6 rings (SSSR count). The van der Waals surface area contributed by atoms with Crippen LogP contribution in [0.4, 0.5) is 0 Å². The van der Waals surface area contributed by atoms with Crippen molar-refractivity contribution < 1.29 is 29.3 Å². The summed E-state index contributed by atoms with van der Waals surface area (Å²) < 4.78 is 14.8. The third-order valence-corrected chi connectivity index (χ3v) is 10.0. The van der Waals surface area contributed by atoms with Crippen LogP contribution in [0.2, 0.25) is 0 Å². The highest BCUT2D eigenvalue weighted by Crippen LogP contribution is 2.40. The summed E-state index contributed by atoms with van der Waals surface area (Å²) in [5.41, 5.74) is 6.49. The molecular formula is C40H44N6O6S. The van der Waals surface area contributed by atoms with Crippen LogP contribution in [0.3, 0.4) is 0 Å². The second-order valence-corrected chi connectivity index (χ2v) is 13.9. The lowest BCUT2D eigenvalue weighted by atomic mass is 9.97. The highest BCUT2D eigenvalue weighted by Gasteiger charge is 2.33. The number of ether oxygens (including phenoxy) is 2. The van der Waals surface area contributed by atoms with Gasteiger partial charge in [-0.3, -0.25) is 9.59 Å². The van der Waals surface area contributed by atoms with Gasteiger partial charge in [0.25, 0.3) is 0 Å². The van der Waals surface area contributed by atoms with Crippen LogP contribution in [-0.2, 0) is 32.2 Å². The molecule has 0 unspecified atom stereocenters. The molecule has 1 fully saturated rings. The van der Waals surface area contributed by atoms with E-state index in [0.29, 0.717) is 36.8 Å². The summed E-state index contributed by atoms with van der Waals surface area (Å²) in [7, 11) is 0. The van der Waals surface area contributed by atoms with Crippen molar-refractivity contribution in [3.05, 3.63) is 119 Å². The van der Waals surface area contributed by atoms with Crippen molar-refractivity contribution in [2.75, 3.05) is 12.3 Å². The average Bonchev–Trinajstić information content (AvgIpc) is 3.66. The van der Waals surface area contributed by atoms with Crippen LogP contribution in [0, 0.1) is 0 Å². The molecule has 0 radical (unpaired) electrons. The lowest BCUT2D eigenvalue weighted by molar-refractivity contribution is -0.245. The largest absolute Gasteiger partial charge is 0.508 e. The second kappa shape index (κ2) is 18.6. The third kappa shape index (κ3) is 10.5. The molecule has 2 amide bonds. The Bertz CT molecular complexity index is 1940. The highest BCUT2D eigenvalue weighted by molar-refractivity contribution is 7.99. The molecule has 0 aliphatic carbocycles. The summed E-state index contributed by atoms with van der Waals surface area (Å²) in [5.74, 6) is 0.700. The smallest absolute Gasteiger partial charge is 0.220 e. The van der Waals surface area contributed by atoms with Gasteiger partial charge >= 0.3 is 0 Å². The number of aliphatic hydroxyl groups excluding tert-OH is 1. The molecule has 0 bridgehead atoms. The number of carbonyl (C=O) groups is 2. The van der Waals surface area contributed by atoms with Crippen LogP contribution in [0.15, 0.2) is 102 Å². The van der Waals surface area contributed by atoms with E-state index >= 15 is 0 Å². The van der Waals surface area contributed by atoms with E-state index in [1.54, 1.807) is 28.9 Å². The van der Waals surface area contributed by atoms with Crippen LogP contribution < -0.4 is 10.6 Å². The van der Waals surface area contributed by atoms with Crippen molar-refractivity contribution in [3.8, 4) is 22.6 Å². The molecule has 1 saturated heterocycles. The van der Waals surface area contributed by atoms with Gasteiger partial charge in [-0.1, -0.05) is 91.0 Å². The van der Waals surface area contributed by atoms with E-state index in [9.17, 15) is 19.8 Å². The number of unbranched alkanes of at least 4 members (excludes halogenated alkanes) is 2. The Morgan fingerprint density at radius 2 is 1.64 bits per heavy atom. The van der Waals surface area contributed by atoms with E-state index in [-0.39, 0.29) is 36.4 Å². The second-order valence-electron chi connectivity index (χ2n) is 12.9. The first kappa shape index (κ1) is 37.7. The first-order valence-corrected chi connectivity index (χ1v) is 18.8. The molecule has 1 aromatic heterocycles. The lowest BCUT2D eigenvalue weighted by Gasteiger charge is -2.36. The van der Waals surface area contributed by atoms with Gasteiger partial charge in [0.2, 0.25) is 17.0 Å². The predicted octanol–water partition coefficient (Wildman–Crippen LogP) is 6.18. The number of tetrazole rings is 1. The van der Waals surface area contributed by atoms with E-state index in [1.807, 2.05) is 66.7 Å². The van der Waals surface area contributed by atoms with Crippen molar-refractivity contribution in [1.82, 2.24) is 30.8 Å². The van der Waals surface area contributed by atoms with E-state index in [0.717, 1.165) is 58.3 Å². The van der Waals surface area contributed by atoms with Gasteiger partial charge in [0.05, 0.1) is 24.5 Å².